The van der Waals surface area contributed by atoms with Crippen LogP contribution in [0.25, 0.3) is 0 Å². The number of likely N-dealkylation sites (N-methyl/N-ethyl adjacent to an activating group) is 1. The quantitative estimate of drug-likeness (QED) is 0.0180. The molecule has 1 aliphatic carbocycles. The van der Waals surface area contributed by atoms with Gasteiger partial charge in [-0.2, -0.15) is 0 Å². The fraction of sp³-hybridized carbons (Fsp3) is 0.886. The van der Waals surface area contributed by atoms with E-state index < -0.39 is 44.7 Å². The fourth-order valence-corrected chi connectivity index (χ4v) is 7.83. The van der Waals surface area contributed by atoms with E-state index in [1.807, 2.05) is 27.2 Å². The third kappa shape index (κ3) is 29.2. The summed E-state index contributed by atoms with van der Waals surface area (Å²) in [5.41, 5.74) is 0. The second kappa shape index (κ2) is 32.2. The number of aliphatic hydroxyl groups excluding tert-OH is 2. The summed E-state index contributed by atoms with van der Waals surface area (Å²) in [6, 6.07) is 0. The lowest BCUT2D eigenvalue weighted by molar-refractivity contribution is -0.870. The average molecular weight is 833 g/mol. The van der Waals surface area contributed by atoms with Crippen LogP contribution in [0.5, 0.6) is 0 Å². The fourth-order valence-electron chi connectivity index (χ4n) is 7.09. The molecule has 0 aromatic carbocycles. The smallest absolute Gasteiger partial charge is 0.462 e. The van der Waals surface area contributed by atoms with E-state index in [1.165, 1.54) is 57.8 Å². The molecule has 1 unspecified atom stereocenters. The van der Waals surface area contributed by atoms with Crippen LogP contribution < -0.4 is 0 Å². The molecular weight excluding hydrogens is 749 g/mol. The van der Waals surface area contributed by atoms with Crippen LogP contribution in [-0.4, -0.2) is 103 Å². The van der Waals surface area contributed by atoms with Crippen molar-refractivity contribution in [2.24, 2.45) is 11.8 Å². The van der Waals surface area contributed by atoms with Crippen LogP contribution in [0.1, 0.15) is 174 Å². The number of esters is 2. The van der Waals surface area contributed by atoms with Gasteiger partial charge in [-0.05, 0) is 25.7 Å². The minimum absolute atomic E-state index is 0.00433. The summed E-state index contributed by atoms with van der Waals surface area (Å²) < 4.78 is 34.3. The van der Waals surface area contributed by atoms with Crippen molar-refractivity contribution in [1.82, 2.24) is 0 Å². The SMILES string of the molecule is CCCCCCCCCCCCCCCC(=O)O[C@H](COC(=O)CCCCCC[C@H]1C(=O)C[C@@H](O)[C@@H]1/C=C/[C@@H](O)CCCCC)COP(=O)(O)OCC[N+](C)(C)C. The van der Waals surface area contributed by atoms with E-state index in [-0.39, 0.29) is 50.1 Å². The zero-order valence-electron chi connectivity index (χ0n) is 36.5. The van der Waals surface area contributed by atoms with Gasteiger partial charge < -0.3 is 29.1 Å². The summed E-state index contributed by atoms with van der Waals surface area (Å²) in [4.78, 5) is 48.1. The van der Waals surface area contributed by atoms with Crippen LogP contribution in [0.4, 0.5) is 0 Å². The summed E-state index contributed by atoms with van der Waals surface area (Å²) in [5.74, 6) is -1.46. The lowest BCUT2D eigenvalue weighted by atomic mass is 9.88. The molecule has 13 heteroatoms. The highest BCUT2D eigenvalue weighted by molar-refractivity contribution is 7.47. The van der Waals surface area contributed by atoms with Crippen molar-refractivity contribution in [3.63, 3.8) is 0 Å². The van der Waals surface area contributed by atoms with Crippen molar-refractivity contribution in [3.8, 4) is 0 Å². The summed E-state index contributed by atoms with van der Waals surface area (Å²) in [5, 5.41) is 20.7. The number of Topliss-reactive ketones (excluding diaryl/α,β-unsaturated/α-hetero) is 1. The monoisotopic (exact) mass is 833 g/mol. The van der Waals surface area contributed by atoms with Gasteiger partial charge in [0.2, 0.25) is 0 Å². The first kappa shape index (κ1) is 53.4. The summed E-state index contributed by atoms with van der Waals surface area (Å²) in [7, 11) is 1.35. The Hall–Kier alpha value is -1.66. The molecule has 6 atom stereocenters. The van der Waals surface area contributed by atoms with Gasteiger partial charge in [-0.1, -0.05) is 142 Å². The Kier molecular flexibility index (Phi) is 30.1. The molecule has 3 N–H and O–H groups in total. The van der Waals surface area contributed by atoms with Crippen molar-refractivity contribution in [2.45, 2.75) is 193 Å². The number of phosphoric acid groups is 1. The zero-order valence-corrected chi connectivity index (χ0v) is 37.4. The van der Waals surface area contributed by atoms with Crippen LogP contribution in [0.3, 0.4) is 0 Å². The molecule has 0 aromatic heterocycles. The molecular formula is C44H83NO11P+. The van der Waals surface area contributed by atoms with Gasteiger partial charge in [-0.3, -0.25) is 23.4 Å². The lowest BCUT2D eigenvalue weighted by Crippen LogP contribution is -2.37. The molecule has 0 radical (unpaired) electrons. The Morgan fingerprint density at radius 2 is 1.30 bits per heavy atom. The molecule has 0 aromatic rings. The third-order valence-corrected chi connectivity index (χ3v) is 11.7. The van der Waals surface area contributed by atoms with Gasteiger partial charge >= 0.3 is 19.8 Å². The normalized spacial score (nSPS) is 19.5. The molecule has 0 spiro atoms. The van der Waals surface area contributed by atoms with Gasteiger partial charge in [0, 0.05) is 31.1 Å². The molecule has 1 saturated carbocycles. The first-order chi connectivity index (χ1) is 27.2. The van der Waals surface area contributed by atoms with Crippen LogP contribution in [-0.2, 0) is 37.5 Å². The van der Waals surface area contributed by atoms with Gasteiger partial charge in [0.15, 0.2) is 6.10 Å². The van der Waals surface area contributed by atoms with Crippen molar-refractivity contribution < 1.29 is 57.1 Å². The number of ether oxygens (including phenoxy) is 2. The Labute approximate surface area is 346 Å². The lowest BCUT2D eigenvalue weighted by Gasteiger charge is -2.24. The maximum Gasteiger partial charge on any atom is 0.472 e. The topological polar surface area (TPSA) is 166 Å². The van der Waals surface area contributed by atoms with Gasteiger partial charge in [0.1, 0.15) is 25.5 Å². The van der Waals surface area contributed by atoms with E-state index in [1.54, 1.807) is 6.08 Å². The predicted molar refractivity (Wildman–Crippen MR) is 225 cm³/mol. The number of nitrogens with zero attached hydrogens (tertiary/aromatic N) is 1. The average Bonchev–Trinajstić information content (AvgIpc) is 3.41. The maximum atomic E-state index is 12.7. The molecule has 0 aliphatic heterocycles. The van der Waals surface area contributed by atoms with Crippen LogP contribution in [0.15, 0.2) is 12.2 Å². The summed E-state index contributed by atoms with van der Waals surface area (Å²) in [6.07, 6.45) is 24.4. The van der Waals surface area contributed by atoms with Crippen molar-refractivity contribution >= 4 is 25.5 Å². The Balaban J connectivity index is 2.46. The van der Waals surface area contributed by atoms with E-state index in [0.29, 0.717) is 36.7 Å². The molecule has 1 rings (SSSR count). The zero-order chi connectivity index (χ0) is 42.4. The first-order valence-electron chi connectivity index (χ1n) is 22.5. The molecule has 1 aliphatic rings. The molecule has 0 saturated heterocycles. The van der Waals surface area contributed by atoms with E-state index in [2.05, 4.69) is 13.8 Å². The number of unbranched alkanes of at least 4 members (excludes halogenated alkanes) is 17. The Morgan fingerprint density at radius 3 is 1.88 bits per heavy atom. The Morgan fingerprint density at radius 1 is 0.772 bits per heavy atom. The molecule has 334 valence electrons. The molecule has 57 heavy (non-hydrogen) atoms. The van der Waals surface area contributed by atoms with Crippen LogP contribution in [0.2, 0.25) is 0 Å². The minimum atomic E-state index is -4.43. The standard InChI is InChI=1S/C44H82NO11P/c1-6-8-10-11-12-13-14-15-16-17-18-19-25-29-44(50)56-38(36-55-57(51,52)54-33-32-45(3,4)5)35-53-43(49)28-24-21-20-23-27-39-40(42(48)34-41(39)47)31-30-37(46)26-22-9-7-2/h30-31,37-40,42,46,48H,6-29,32-36H2,1-5H3/p+1/b31-30+/t37-,38+,39+,40+,42+/m0/s1. The number of carbonyl (C=O) groups is 3. The number of hydrogen-bond acceptors (Lipinski definition) is 10. The number of aliphatic hydroxyl groups is 2. The van der Waals surface area contributed by atoms with Crippen molar-refractivity contribution in [1.29, 1.82) is 0 Å². The third-order valence-electron chi connectivity index (χ3n) is 10.7. The van der Waals surface area contributed by atoms with Gasteiger partial charge in [-0.25, -0.2) is 4.57 Å². The van der Waals surface area contributed by atoms with Crippen LogP contribution in [0, 0.1) is 11.8 Å². The van der Waals surface area contributed by atoms with Crippen molar-refractivity contribution in [2.75, 3.05) is 47.5 Å². The summed E-state index contributed by atoms with van der Waals surface area (Å²) in [6.45, 7) is 4.05. The molecule has 0 heterocycles. The number of phosphoric ester groups is 1. The highest BCUT2D eigenvalue weighted by atomic mass is 31.2. The van der Waals surface area contributed by atoms with E-state index in [0.717, 1.165) is 57.8 Å². The highest BCUT2D eigenvalue weighted by Gasteiger charge is 2.39. The number of hydrogen-bond donors (Lipinski definition) is 3. The minimum Gasteiger partial charge on any atom is -0.462 e. The van der Waals surface area contributed by atoms with E-state index >= 15 is 0 Å². The molecule has 12 nitrogen and oxygen atoms in total. The number of ketones is 1. The number of quaternary nitrogens is 1. The second-order valence-corrected chi connectivity index (χ2v) is 18.7. The summed E-state index contributed by atoms with van der Waals surface area (Å²) >= 11 is 0. The van der Waals surface area contributed by atoms with Gasteiger partial charge in [0.25, 0.3) is 0 Å². The Bertz CT molecular complexity index is 1140. The molecule has 0 bridgehead atoms. The second-order valence-electron chi connectivity index (χ2n) is 17.2. The highest BCUT2D eigenvalue weighted by Crippen LogP contribution is 2.43. The van der Waals surface area contributed by atoms with Crippen molar-refractivity contribution in [3.05, 3.63) is 12.2 Å². The van der Waals surface area contributed by atoms with Gasteiger partial charge in [0.05, 0.1) is 40.0 Å². The number of rotatable bonds is 37. The van der Waals surface area contributed by atoms with Crippen LogP contribution >= 0.6 is 7.82 Å². The number of carbonyl (C=O) groups excluding carboxylic acids is 3. The van der Waals surface area contributed by atoms with E-state index in [9.17, 15) is 34.1 Å². The predicted octanol–water partition coefficient (Wildman–Crippen LogP) is 9.17. The van der Waals surface area contributed by atoms with E-state index in [4.69, 9.17) is 18.5 Å². The largest absolute Gasteiger partial charge is 0.472 e. The van der Waals surface area contributed by atoms with Gasteiger partial charge in [-0.15, -0.1) is 0 Å². The molecule has 0 amide bonds. The molecule has 1 fully saturated rings. The first-order valence-corrected chi connectivity index (χ1v) is 24.0. The maximum absolute atomic E-state index is 12.7.